The van der Waals surface area contributed by atoms with Crippen LogP contribution in [0.4, 0.5) is 0 Å². The lowest BCUT2D eigenvalue weighted by Crippen LogP contribution is -2.40. The highest BCUT2D eigenvalue weighted by molar-refractivity contribution is 5.97. The fourth-order valence-corrected chi connectivity index (χ4v) is 5.09. The van der Waals surface area contributed by atoms with Gasteiger partial charge in [-0.15, -0.1) is 0 Å². The molecule has 1 aromatic carbocycles. The first kappa shape index (κ1) is 18.9. The van der Waals surface area contributed by atoms with E-state index < -0.39 is 0 Å². The van der Waals surface area contributed by atoms with Crippen molar-refractivity contribution in [3.63, 3.8) is 0 Å². The molecular formula is C23H31N3O3. The molecule has 0 spiro atoms. The van der Waals surface area contributed by atoms with Crippen molar-refractivity contribution in [1.29, 1.82) is 0 Å². The van der Waals surface area contributed by atoms with E-state index in [-0.39, 0.29) is 23.7 Å². The molecule has 2 heterocycles. The van der Waals surface area contributed by atoms with Gasteiger partial charge in [0.1, 0.15) is 0 Å². The van der Waals surface area contributed by atoms with Gasteiger partial charge in [-0.05, 0) is 62.6 Å². The summed E-state index contributed by atoms with van der Waals surface area (Å²) in [5.41, 5.74) is 2.65. The third-order valence-corrected chi connectivity index (χ3v) is 7.04. The molecule has 1 aliphatic heterocycles. The van der Waals surface area contributed by atoms with Crippen molar-refractivity contribution >= 4 is 16.9 Å². The summed E-state index contributed by atoms with van der Waals surface area (Å²) >= 11 is 0. The van der Waals surface area contributed by atoms with E-state index >= 15 is 0 Å². The highest BCUT2D eigenvalue weighted by atomic mass is 16.3. The minimum Gasteiger partial charge on any atom is -0.393 e. The number of likely N-dealkylation sites (tertiary alicyclic amines) is 1. The van der Waals surface area contributed by atoms with Crippen LogP contribution >= 0.6 is 0 Å². The summed E-state index contributed by atoms with van der Waals surface area (Å²) in [6.07, 6.45) is 9.13. The largest absolute Gasteiger partial charge is 0.393 e. The zero-order valence-electron chi connectivity index (χ0n) is 17.1. The van der Waals surface area contributed by atoms with Crippen molar-refractivity contribution in [3.05, 3.63) is 34.2 Å². The van der Waals surface area contributed by atoms with Gasteiger partial charge >= 0.3 is 5.69 Å². The quantitative estimate of drug-likeness (QED) is 0.861. The van der Waals surface area contributed by atoms with Gasteiger partial charge in [0.15, 0.2) is 0 Å². The zero-order chi connectivity index (χ0) is 20.0. The first-order chi connectivity index (χ1) is 14.1. The fraction of sp³-hybridized carbons (Fsp3) is 0.652. The van der Waals surface area contributed by atoms with Crippen molar-refractivity contribution in [3.8, 4) is 0 Å². The van der Waals surface area contributed by atoms with E-state index in [9.17, 15) is 14.7 Å². The molecule has 6 heteroatoms. The van der Waals surface area contributed by atoms with Gasteiger partial charge in [-0.1, -0.05) is 19.3 Å². The van der Waals surface area contributed by atoms with Crippen LogP contribution in [0, 0.1) is 5.92 Å². The molecule has 0 bridgehead atoms. The molecule has 1 N–H and O–H groups in total. The number of carbonyl (C=O) groups is 1. The predicted molar refractivity (Wildman–Crippen MR) is 112 cm³/mol. The average molecular weight is 398 g/mol. The minimum atomic E-state index is -0.297. The van der Waals surface area contributed by atoms with Gasteiger partial charge in [0.05, 0.1) is 17.1 Å². The van der Waals surface area contributed by atoms with Gasteiger partial charge in [-0.2, -0.15) is 0 Å². The number of aromatic nitrogens is 2. The second-order valence-electron chi connectivity index (χ2n) is 9.23. The maximum atomic E-state index is 13.4. The standard InChI is InChI=1S/C23H31N3O3/c27-19-10-12-24(13-11-19)22(28)17-8-9-20-21(14-17)25(15-16-6-7-16)23(29)26(20)18-4-2-1-3-5-18/h8-9,14,16,18-19,27H,1-7,10-13,15H2. The SMILES string of the molecule is O=C(c1ccc2c(c1)n(CC1CC1)c(=O)n2C1CCCCC1)N1CCC(O)CC1. The second-order valence-corrected chi connectivity index (χ2v) is 9.23. The monoisotopic (exact) mass is 397 g/mol. The molecule has 1 aromatic heterocycles. The van der Waals surface area contributed by atoms with Crippen LogP contribution in [0.25, 0.3) is 11.0 Å². The summed E-state index contributed by atoms with van der Waals surface area (Å²) in [7, 11) is 0. The third kappa shape index (κ3) is 3.63. The van der Waals surface area contributed by atoms with Gasteiger partial charge in [-0.3, -0.25) is 13.9 Å². The van der Waals surface area contributed by atoms with E-state index in [2.05, 4.69) is 0 Å². The first-order valence-corrected chi connectivity index (χ1v) is 11.3. The van der Waals surface area contributed by atoms with Crippen molar-refractivity contribution in [1.82, 2.24) is 14.0 Å². The Morgan fingerprint density at radius 2 is 1.69 bits per heavy atom. The van der Waals surface area contributed by atoms with Crippen molar-refractivity contribution in [2.45, 2.75) is 76.5 Å². The number of piperidine rings is 1. The lowest BCUT2D eigenvalue weighted by Gasteiger charge is -2.29. The number of imidazole rings is 1. The van der Waals surface area contributed by atoms with Gasteiger partial charge in [0.25, 0.3) is 5.91 Å². The Hall–Kier alpha value is -2.08. The zero-order valence-corrected chi connectivity index (χ0v) is 17.1. The lowest BCUT2D eigenvalue weighted by atomic mass is 9.95. The molecule has 0 unspecified atom stereocenters. The van der Waals surface area contributed by atoms with Crippen LogP contribution in [0.2, 0.25) is 0 Å². The number of carbonyl (C=O) groups excluding carboxylic acids is 1. The normalized spacial score (nSPS) is 21.8. The Labute approximate surface area is 171 Å². The lowest BCUT2D eigenvalue weighted by molar-refractivity contribution is 0.0546. The molecule has 0 atom stereocenters. The molecule has 3 aliphatic rings. The van der Waals surface area contributed by atoms with E-state index in [1.165, 1.54) is 32.1 Å². The minimum absolute atomic E-state index is 0.00892. The molecule has 156 valence electrons. The number of amides is 1. The van der Waals surface area contributed by atoms with Crippen LogP contribution < -0.4 is 5.69 Å². The first-order valence-electron chi connectivity index (χ1n) is 11.3. The van der Waals surface area contributed by atoms with Crippen molar-refractivity contribution < 1.29 is 9.90 Å². The number of fused-ring (bicyclic) bond motifs is 1. The summed E-state index contributed by atoms with van der Waals surface area (Å²) in [6.45, 7) is 1.95. The van der Waals surface area contributed by atoms with Gasteiger partial charge < -0.3 is 10.0 Å². The number of hydrogen-bond acceptors (Lipinski definition) is 3. The number of aliphatic hydroxyl groups excluding tert-OH is 1. The maximum absolute atomic E-state index is 13.4. The molecule has 6 nitrogen and oxygen atoms in total. The molecule has 2 saturated carbocycles. The summed E-state index contributed by atoms with van der Waals surface area (Å²) in [5.74, 6) is 0.607. The van der Waals surface area contributed by atoms with Gasteiger partial charge in [-0.25, -0.2) is 4.79 Å². The molecule has 2 aromatic rings. The van der Waals surface area contributed by atoms with Crippen molar-refractivity contribution in [2.75, 3.05) is 13.1 Å². The second kappa shape index (κ2) is 7.63. The Morgan fingerprint density at radius 1 is 0.966 bits per heavy atom. The molecule has 29 heavy (non-hydrogen) atoms. The van der Waals surface area contributed by atoms with E-state index in [4.69, 9.17) is 0 Å². The molecule has 2 aliphatic carbocycles. The van der Waals surface area contributed by atoms with E-state index in [1.54, 1.807) is 0 Å². The Bertz CT molecular complexity index is 958. The fourth-order valence-electron chi connectivity index (χ4n) is 5.09. The van der Waals surface area contributed by atoms with Gasteiger partial charge in [0.2, 0.25) is 0 Å². The van der Waals surface area contributed by atoms with E-state index in [0.29, 0.717) is 37.4 Å². The molecule has 1 saturated heterocycles. The molecule has 5 rings (SSSR count). The maximum Gasteiger partial charge on any atom is 0.329 e. The molecule has 3 fully saturated rings. The molecule has 0 radical (unpaired) electrons. The van der Waals surface area contributed by atoms with Crippen LogP contribution in [0.5, 0.6) is 0 Å². The third-order valence-electron chi connectivity index (χ3n) is 7.04. The number of hydrogen-bond donors (Lipinski definition) is 1. The van der Waals surface area contributed by atoms with Gasteiger partial charge in [0, 0.05) is 31.2 Å². The smallest absolute Gasteiger partial charge is 0.329 e. The van der Waals surface area contributed by atoms with Crippen LogP contribution in [-0.2, 0) is 6.54 Å². The topological polar surface area (TPSA) is 67.5 Å². The number of rotatable bonds is 4. The van der Waals surface area contributed by atoms with Crippen molar-refractivity contribution in [2.24, 2.45) is 5.92 Å². The van der Waals surface area contributed by atoms with Crippen LogP contribution in [0.15, 0.2) is 23.0 Å². The Morgan fingerprint density at radius 3 is 2.38 bits per heavy atom. The number of aliphatic hydroxyl groups is 1. The van der Waals surface area contributed by atoms with Crippen LogP contribution in [-0.4, -0.2) is 44.2 Å². The summed E-state index contributed by atoms with van der Waals surface area (Å²) in [6, 6.07) is 6.09. The number of nitrogens with zero attached hydrogens (tertiary/aromatic N) is 3. The van der Waals surface area contributed by atoms with Crippen LogP contribution in [0.1, 0.15) is 74.2 Å². The predicted octanol–water partition coefficient (Wildman–Crippen LogP) is 3.32. The summed E-state index contributed by atoms with van der Waals surface area (Å²) < 4.78 is 3.95. The highest BCUT2D eigenvalue weighted by Gasteiger charge is 2.28. The Kier molecular flexibility index (Phi) is 4.98. The summed E-state index contributed by atoms with van der Waals surface area (Å²) in [4.78, 5) is 28.2. The highest BCUT2D eigenvalue weighted by Crippen LogP contribution is 2.34. The van der Waals surface area contributed by atoms with Crippen LogP contribution in [0.3, 0.4) is 0 Å². The van der Waals surface area contributed by atoms with E-state index in [1.807, 2.05) is 32.2 Å². The molecular weight excluding hydrogens is 366 g/mol. The Balaban J connectivity index is 1.53. The summed E-state index contributed by atoms with van der Waals surface area (Å²) in [5, 5.41) is 9.73. The number of benzene rings is 1. The van der Waals surface area contributed by atoms with E-state index in [0.717, 1.165) is 30.4 Å². The average Bonchev–Trinajstić information content (AvgIpc) is 3.53. The molecule has 1 amide bonds.